The number of ether oxygens (including phenoxy) is 2. The highest BCUT2D eigenvalue weighted by atomic mass is 32.2. The van der Waals surface area contributed by atoms with Crippen LogP contribution < -0.4 is 4.74 Å². The minimum absolute atomic E-state index is 0.149. The number of piperidine rings is 1. The lowest BCUT2D eigenvalue weighted by Gasteiger charge is -2.27. The molecule has 2 rings (SSSR count). The van der Waals surface area contributed by atoms with Gasteiger partial charge >= 0.3 is 5.97 Å². The van der Waals surface area contributed by atoms with Crippen LogP contribution in [0.2, 0.25) is 0 Å². The van der Waals surface area contributed by atoms with E-state index >= 15 is 0 Å². The Hall–Kier alpha value is -1.60. The first-order valence-corrected chi connectivity index (χ1v) is 9.80. The summed E-state index contributed by atoms with van der Waals surface area (Å²) in [5.41, 5.74) is 0.719. The van der Waals surface area contributed by atoms with Crippen LogP contribution in [0.1, 0.15) is 49.0 Å². The van der Waals surface area contributed by atoms with Crippen molar-refractivity contribution in [3.8, 4) is 5.75 Å². The summed E-state index contributed by atoms with van der Waals surface area (Å²) in [5.74, 6) is -0.220. The Morgan fingerprint density at radius 3 is 2.38 bits per heavy atom. The largest absolute Gasteiger partial charge is 0.493 e. The van der Waals surface area contributed by atoms with Crippen molar-refractivity contribution in [3.63, 3.8) is 0 Å². The molecule has 0 unspecified atom stereocenters. The van der Waals surface area contributed by atoms with E-state index < -0.39 is 16.0 Å². The molecule has 24 heavy (non-hydrogen) atoms. The molecule has 0 spiro atoms. The van der Waals surface area contributed by atoms with Crippen LogP contribution in [-0.4, -0.2) is 45.0 Å². The Morgan fingerprint density at radius 2 is 1.79 bits per heavy atom. The molecule has 1 aliphatic rings. The zero-order chi connectivity index (χ0) is 17.7. The Kier molecular flexibility index (Phi) is 6.23. The van der Waals surface area contributed by atoms with Gasteiger partial charge in [0, 0.05) is 13.1 Å². The summed E-state index contributed by atoms with van der Waals surface area (Å²) in [6, 6.07) is 2.99. The molecule has 0 N–H and O–H groups in total. The molecule has 1 saturated heterocycles. The highest BCUT2D eigenvalue weighted by Gasteiger charge is 2.29. The first kappa shape index (κ1) is 18.7. The lowest BCUT2D eigenvalue weighted by atomic mass is 10.1. The van der Waals surface area contributed by atoms with Gasteiger partial charge in [-0.05, 0) is 51.3 Å². The molecule has 0 radical (unpaired) electrons. The number of esters is 1. The summed E-state index contributed by atoms with van der Waals surface area (Å²) in [4.78, 5) is 12.3. The summed E-state index contributed by atoms with van der Waals surface area (Å²) in [6.45, 7) is 6.86. The number of hydrogen-bond acceptors (Lipinski definition) is 5. The Labute approximate surface area is 143 Å². The maximum absolute atomic E-state index is 12.9. The second-order valence-corrected chi connectivity index (χ2v) is 7.64. The molecule has 1 aromatic rings. The minimum atomic E-state index is -3.63. The molecule has 0 saturated carbocycles. The second kappa shape index (κ2) is 7.98. The van der Waals surface area contributed by atoms with Gasteiger partial charge in [0.1, 0.15) is 11.3 Å². The van der Waals surface area contributed by atoms with Gasteiger partial charge in [0.2, 0.25) is 10.0 Å². The van der Waals surface area contributed by atoms with E-state index in [-0.39, 0.29) is 17.1 Å². The Morgan fingerprint density at radius 1 is 1.12 bits per heavy atom. The zero-order valence-corrected chi connectivity index (χ0v) is 15.3. The molecule has 6 nitrogen and oxygen atoms in total. The Bertz CT molecular complexity index is 693. The van der Waals surface area contributed by atoms with Crippen molar-refractivity contribution in [2.24, 2.45) is 0 Å². The molecule has 0 aliphatic carbocycles. The van der Waals surface area contributed by atoms with E-state index in [0.29, 0.717) is 31.0 Å². The SMILES string of the molecule is CCOC(=O)c1cc(S(=O)(=O)N2CCCCC2)c(C)cc1OCC. The topological polar surface area (TPSA) is 72.9 Å². The third-order valence-electron chi connectivity index (χ3n) is 4.01. The summed E-state index contributed by atoms with van der Waals surface area (Å²) >= 11 is 0. The van der Waals surface area contributed by atoms with Crippen molar-refractivity contribution >= 4 is 16.0 Å². The monoisotopic (exact) mass is 355 g/mol. The number of aryl methyl sites for hydroxylation is 1. The summed E-state index contributed by atoms with van der Waals surface area (Å²) < 4.78 is 37.9. The maximum atomic E-state index is 12.9. The van der Waals surface area contributed by atoms with Crippen molar-refractivity contribution < 1.29 is 22.7 Å². The average Bonchev–Trinajstić information content (AvgIpc) is 2.56. The maximum Gasteiger partial charge on any atom is 0.341 e. The number of carbonyl (C=O) groups is 1. The molecular formula is C17H25NO5S. The lowest BCUT2D eigenvalue weighted by Crippen LogP contribution is -2.36. The van der Waals surface area contributed by atoms with Crippen LogP contribution in [0.25, 0.3) is 0 Å². The Balaban J connectivity index is 2.49. The average molecular weight is 355 g/mol. The molecule has 1 aliphatic heterocycles. The lowest BCUT2D eigenvalue weighted by molar-refractivity contribution is 0.0521. The van der Waals surface area contributed by atoms with E-state index in [4.69, 9.17) is 9.47 Å². The van der Waals surface area contributed by atoms with Gasteiger partial charge in [0.05, 0.1) is 18.1 Å². The van der Waals surface area contributed by atoms with Crippen LogP contribution in [0.4, 0.5) is 0 Å². The molecule has 0 aromatic heterocycles. The standard InChI is InChI=1S/C17H25NO5S/c1-4-22-15-11-13(3)16(12-14(15)17(19)23-5-2)24(20,21)18-9-7-6-8-10-18/h11-12H,4-10H2,1-3H3. The molecule has 1 aromatic carbocycles. The van der Waals surface area contributed by atoms with E-state index in [1.807, 2.05) is 6.92 Å². The van der Waals surface area contributed by atoms with E-state index in [9.17, 15) is 13.2 Å². The normalized spacial score (nSPS) is 16.0. The van der Waals surface area contributed by atoms with Crippen molar-refractivity contribution in [3.05, 3.63) is 23.3 Å². The predicted octanol–water partition coefficient (Wildman–Crippen LogP) is 2.75. The van der Waals surface area contributed by atoms with E-state index in [2.05, 4.69) is 0 Å². The second-order valence-electron chi connectivity index (χ2n) is 5.73. The first-order chi connectivity index (χ1) is 11.4. The van der Waals surface area contributed by atoms with Crippen LogP contribution in [0.3, 0.4) is 0 Å². The number of hydrogen-bond donors (Lipinski definition) is 0. The number of benzene rings is 1. The van der Waals surface area contributed by atoms with Gasteiger partial charge in [-0.15, -0.1) is 0 Å². The fraction of sp³-hybridized carbons (Fsp3) is 0.588. The van der Waals surface area contributed by atoms with Crippen molar-refractivity contribution in [2.45, 2.75) is 44.9 Å². The van der Waals surface area contributed by atoms with Gasteiger partial charge in [-0.2, -0.15) is 4.31 Å². The smallest absolute Gasteiger partial charge is 0.341 e. The predicted molar refractivity (Wildman–Crippen MR) is 90.9 cm³/mol. The van der Waals surface area contributed by atoms with Crippen molar-refractivity contribution in [2.75, 3.05) is 26.3 Å². The van der Waals surface area contributed by atoms with Crippen LogP contribution in [0.15, 0.2) is 17.0 Å². The molecule has 1 heterocycles. The number of rotatable bonds is 6. The number of nitrogens with zero attached hydrogens (tertiary/aromatic N) is 1. The summed E-state index contributed by atoms with van der Waals surface area (Å²) in [7, 11) is -3.63. The van der Waals surface area contributed by atoms with Gasteiger partial charge in [-0.1, -0.05) is 6.42 Å². The van der Waals surface area contributed by atoms with Crippen molar-refractivity contribution in [1.82, 2.24) is 4.31 Å². The van der Waals surface area contributed by atoms with E-state index in [1.165, 1.54) is 10.4 Å². The van der Waals surface area contributed by atoms with E-state index in [0.717, 1.165) is 19.3 Å². The zero-order valence-electron chi connectivity index (χ0n) is 14.5. The molecule has 7 heteroatoms. The molecule has 1 fully saturated rings. The van der Waals surface area contributed by atoms with Crippen LogP contribution >= 0.6 is 0 Å². The molecule has 0 bridgehead atoms. The van der Waals surface area contributed by atoms with Crippen molar-refractivity contribution in [1.29, 1.82) is 0 Å². The highest BCUT2D eigenvalue weighted by Crippen LogP contribution is 2.30. The molecule has 0 atom stereocenters. The first-order valence-electron chi connectivity index (χ1n) is 8.36. The number of carbonyl (C=O) groups excluding carboxylic acids is 1. The molecule has 0 amide bonds. The van der Waals surface area contributed by atoms with Crippen LogP contribution in [0, 0.1) is 6.92 Å². The van der Waals surface area contributed by atoms with Crippen LogP contribution in [0.5, 0.6) is 5.75 Å². The molecule has 134 valence electrons. The van der Waals surface area contributed by atoms with Gasteiger partial charge in [0.15, 0.2) is 0 Å². The van der Waals surface area contributed by atoms with E-state index in [1.54, 1.807) is 19.9 Å². The van der Waals surface area contributed by atoms with Crippen LogP contribution in [-0.2, 0) is 14.8 Å². The van der Waals surface area contributed by atoms with Gasteiger partial charge < -0.3 is 9.47 Å². The fourth-order valence-corrected chi connectivity index (χ4v) is 4.58. The third-order valence-corrected chi connectivity index (χ3v) is 6.05. The van der Waals surface area contributed by atoms with Gasteiger partial charge in [0.25, 0.3) is 0 Å². The highest BCUT2D eigenvalue weighted by molar-refractivity contribution is 7.89. The van der Waals surface area contributed by atoms with Gasteiger partial charge in [-0.3, -0.25) is 0 Å². The number of sulfonamides is 1. The quantitative estimate of drug-likeness (QED) is 0.734. The minimum Gasteiger partial charge on any atom is -0.493 e. The third kappa shape index (κ3) is 3.89. The summed E-state index contributed by atoms with van der Waals surface area (Å²) in [6.07, 6.45) is 2.77. The van der Waals surface area contributed by atoms with Gasteiger partial charge in [-0.25, -0.2) is 13.2 Å². The molecular weight excluding hydrogens is 330 g/mol. The summed E-state index contributed by atoms with van der Waals surface area (Å²) in [5, 5.41) is 0. The fourth-order valence-electron chi connectivity index (χ4n) is 2.83.